The molecule has 6 heteroatoms. The molecule has 2 aromatic rings. The molecule has 0 fully saturated rings. The van der Waals surface area contributed by atoms with Crippen LogP contribution in [0.4, 0.5) is 11.5 Å². The average Bonchev–Trinajstić information content (AvgIpc) is 2.55. The number of hydrogen-bond donors (Lipinski definition) is 1. The van der Waals surface area contributed by atoms with E-state index in [-0.39, 0.29) is 18.0 Å². The zero-order chi connectivity index (χ0) is 17.3. The lowest BCUT2D eigenvalue weighted by molar-refractivity contribution is -0.117. The first kappa shape index (κ1) is 16.5. The molecule has 0 bridgehead atoms. The Morgan fingerprint density at radius 2 is 2.21 bits per heavy atom. The Bertz CT molecular complexity index is 813. The van der Waals surface area contributed by atoms with Crippen LogP contribution >= 0.6 is 15.9 Å². The van der Waals surface area contributed by atoms with E-state index in [1.54, 1.807) is 25.3 Å². The fraction of sp³-hybridized carbons (Fsp3) is 0.278. The summed E-state index contributed by atoms with van der Waals surface area (Å²) >= 11 is 3.51. The van der Waals surface area contributed by atoms with E-state index in [1.165, 1.54) is 0 Å². The summed E-state index contributed by atoms with van der Waals surface area (Å²) in [5, 5.41) is 12.3. The van der Waals surface area contributed by atoms with E-state index in [1.807, 2.05) is 30.0 Å². The third kappa shape index (κ3) is 3.13. The number of nitrogens with one attached hydrogen (secondary N) is 1. The van der Waals surface area contributed by atoms with Gasteiger partial charge in [-0.05, 0) is 49.2 Å². The van der Waals surface area contributed by atoms with Gasteiger partial charge in [0.25, 0.3) is 0 Å². The number of halogens is 1. The number of fused-ring (bicyclic) bond motifs is 1. The second kappa shape index (κ2) is 6.62. The number of nitrogens with zero attached hydrogens (tertiary/aromatic N) is 3. The van der Waals surface area contributed by atoms with Gasteiger partial charge in [-0.25, -0.2) is 4.98 Å². The molecule has 3 rings (SSSR count). The molecule has 0 saturated heterocycles. The summed E-state index contributed by atoms with van der Waals surface area (Å²) in [6.07, 6.45) is 2.34. The number of hydrogen-bond acceptors (Lipinski definition) is 4. The molecule has 1 aliphatic heterocycles. The van der Waals surface area contributed by atoms with Crippen molar-refractivity contribution in [2.45, 2.75) is 32.4 Å². The molecule has 1 aliphatic rings. The van der Waals surface area contributed by atoms with Gasteiger partial charge in [-0.1, -0.05) is 15.9 Å². The van der Waals surface area contributed by atoms with Crippen molar-refractivity contribution in [1.82, 2.24) is 4.98 Å². The normalized spacial score (nSPS) is 19.3. The van der Waals surface area contributed by atoms with Gasteiger partial charge in [0.2, 0.25) is 5.91 Å². The Hall–Kier alpha value is -2.39. The van der Waals surface area contributed by atoms with Gasteiger partial charge in [-0.3, -0.25) is 4.79 Å². The quantitative estimate of drug-likeness (QED) is 0.848. The lowest BCUT2D eigenvalue weighted by atomic mass is 9.91. The van der Waals surface area contributed by atoms with Crippen molar-refractivity contribution in [2.75, 3.05) is 10.2 Å². The number of amides is 1. The first-order valence-electron chi connectivity index (χ1n) is 7.71. The fourth-order valence-corrected chi connectivity index (χ4v) is 3.55. The molecule has 0 saturated carbocycles. The van der Waals surface area contributed by atoms with Crippen molar-refractivity contribution in [1.29, 1.82) is 5.26 Å². The Balaban J connectivity index is 1.96. The van der Waals surface area contributed by atoms with Crippen molar-refractivity contribution >= 4 is 33.3 Å². The second-order valence-electron chi connectivity index (χ2n) is 5.92. The molecule has 0 radical (unpaired) electrons. The van der Waals surface area contributed by atoms with Crippen LogP contribution in [0.3, 0.4) is 0 Å². The van der Waals surface area contributed by atoms with Crippen LogP contribution in [0.15, 0.2) is 41.0 Å². The summed E-state index contributed by atoms with van der Waals surface area (Å²) in [6.45, 7) is 3.64. The summed E-state index contributed by atoms with van der Waals surface area (Å²) in [4.78, 5) is 18.2. The summed E-state index contributed by atoms with van der Waals surface area (Å²) in [7, 11) is 0. The maximum absolute atomic E-state index is 12.0. The number of aromatic nitrogens is 1. The smallest absolute Gasteiger partial charge is 0.224 e. The van der Waals surface area contributed by atoms with Crippen molar-refractivity contribution in [3.8, 4) is 6.07 Å². The van der Waals surface area contributed by atoms with E-state index >= 15 is 0 Å². The van der Waals surface area contributed by atoms with Crippen LogP contribution in [0.1, 0.15) is 37.4 Å². The molecule has 1 aromatic heterocycles. The number of carbonyl (C=O) groups is 1. The monoisotopic (exact) mass is 384 g/mol. The predicted octanol–water partition coefficient (Wildman–Crippen LogP) is 4.01. The predicted molar refractivity (Wildman–Crippen MR) is 96.7 cm³/mol. The van der Waals surface area contributed by atoms with Gasteiger partial charge in [0, 0.05) is 29.3 Å². The van der Waals surface area contributed by atoms with Crippen molar-refractivity contribution in [3.05, 3.63) is 52.1 Å². The zero-order valence-electron chi connectivity index (χ0n) is 13.5. The van der Waals surface area contributed by atoms with Crippen LogP contribution in [-0.2, 0) is 4.79 Å². The Kier molecular flexibility index (Phi) is 4.54. The number of benzene rings is 1. The number of carbonyl (C=O) groups excluding carboxylic acids is 1. The van der Waals surface area contributed by atoms with Crippen molar-refractivity contribution in [2.24, 2.45) is 0 Å². The Morgan fingerprint density at radius 1 is 1.42 bits per heavy atom. The van der Waals surface area contributed by atoms with Crippen LogP contribution in [0.5, 0.6) is 0 Å². The molecule has 1 N–H and O–H groups in total. The highest BCUT2D eigenvalue weighted by molar-refractivity contribution is 9.10. The summed E-state index contributed by atoms with van der Waals surface area (Å²) in [6, 6.07) is 11.7. The van der Waals surface area contributed by atoms with E-state index in [9.17, 15) is 4.79 Å². The highest BCUT2D eigenvalue weighted by Crippen LogP contribution is 2.40. The van der Waals surface area contributed by atoms with Gasteiger partial charge < -0.3 is 10.2 Å². The molecule has 2 unspecified atom stereocenters. The molecule has 5 nitrogen and oxygen atoms in total. The van der Waals surface area contributed by atoms with Crippen molar-refractivity contribution < 1.29 is 4.79 Å². The molecule has 2 heterocycles. The topological polar surface area (TPSA) is 69.0 Å². The highest BCUT2D eigenvalue weighted by Gasteiger charge is 2.32. The largest absolute Gasteiger partial charge is 0.363 e. The minimum Gasteiger partial charge on any atom is -0.363 e. The fourth-order valence-electron chi connectivity index (χ4n) is 3.18. The molecule has 0 spiro atoms. The van der Waals surface area contributed by atoms with E-state index < -0.39 is 0 Å². The molecule has 2 atom stereocenters. The van der Waals surface area contributed by atoms with Gasteiger partial charge in [0.15, 0.2) is 0 Å². The van der Waals surface area contributed by atoms with Gasteiger partial charge in [0.05, 0.1) is 11.6 Å². The maximum atomic E-state index is 12.0. The zero-order valence-corrected chi connectivity index (χ0v) is 15.0. The Labute approximate surface area is 149 Å². The van der Waals surface area contributed by atoms with Gasteiger partial charge in [0.1, 0.15) is 11.9 Å². The molecular weight excluding hydrogens is 368 g/mol. The number of pyridine rings is 1. The van der Waals surface area contributed by atoms with Gasteiger partial charge in [-0.2, -0.15) is 5.26 Å². The van der Waals surface area contributed by atoms with Crippen LogP contribution in [0, 0.1) is 11.3 Å². The lowest BCUT2D eigenvalue weighted by Gasteiger charge is -2.39. The minimum atomic E-state index is 0.0426. The highest BCUT2D eigenvalue weighted by atomic mass is 79.9. The third-order valence-corrected chi connectivity index (χ3v) is 4.69. The third-order valence-electron chi connectivity index (χ3n) is 4.20. The van der Waals surface area contributed by atoms with Crippen LogP contribution in [0.2, 0.25) is 0 Å². The maximum Gasteiger partial charge on any atom is 0.224 e. The number of rotatable bonds is 2. The first-order valence-corrected chi connectivity index (χ1v) is 8.51. The molecule has 1 amide bonds. The van der Waals surface area contributed by atoms with Crippen LogP contribution < -0.4 is 10.2 Å². The standard InChI is InChI=1S/C18H17BrN4O/c1-11-7-16(22-18-6-3-13(9-20)10-21-18)15-8-14(19)4-5-17(15)23(11)12(2)24/h3-6,8,10-11,16H,7H2,1-2H3,(H,21,22). The van der Waals surface area contributed by atoms with Crippen LogP contribution in [-0.4, -0.2) is 16.9 Å². The minimum absolute atomic E-state index is 0.0426. The second-order valence-corrected chi connectivity index (χ2v) is 6.83. The average molecular weight is 385 g/mol. The molecule has 122 valence electrons. The van der Waals surface area contributed by atoms with Crippen molar-refractivity contribution in [3.63, 3.8) is 0 Å². The molecule has 24 heavy (non-hydrogen) atoms. The summed E-state index contributed by atoms with van der Waals surface area (Å²) in [5.74, 6) is 0.759. The summed E-state index contributed by atoms with van der Waals surface area (Å²) in [5.41, 5.74) is 2.52. The van der Waals surface area contributed by atoms with Crippen LogP contribution in [0.25, 0.3) is 0 Å². The van der Waals surface area contributed by atoms with E-state index in [0.717, 1.165) is 22.1 Å². The molecule has 0 aliphatic carbocycles. The number of anilines is 2. The van der Waals surface area contributed by atoms with E-state index in [4.69, 9.17) is 5.26 Å². The first-order chi connectivity index (χ1) is 11.5. The van der Waals surface area contributed by atoms with E-state index in [2.05, 4.69) is 32.3 Å². The summed E-state index contributed by atoms with van der Waals surface area (Å²) < 4.78 is 0.971. The lowest BCUT2D eigenvalue weighted by Crippen LogP contribution is -2.43. The SMILES string of the molecule is CC(=O)N1c2ccc(Br)cc2C(Nc2ccc(C#N)cn2)CC1C. The Morgan fingerprint density at radius 3 is 2.83 bits per heavy atom. The molecule has 1 aromatic carbocycles. The van der Waals surface area contributed by atoms with E-state index in [0.29, 0.717) is 11.4 Å². The molecular formula is C18H17BrN4O. The van der Waals surface area contributed by atoms with Gasteiger partial charge in [-0.15, -0.1) is 0 Å². The van der Waals surface area contributed by atoms with Gasteiger partial charge >= 0.3 is 0 Å². The number of nitriles is 1.